The molecule has 0 spiro atoms. The molecular formula is C8H12N2O3. The molecule has 0 aromatic carbocycles. The van der Waals surface area contributed by atoms with Gasteiger partial charge in [-0.1, -0.05) is 5.16 Å². The highest BCUT2D eigenvalue weighted by molar-refractivity contribution is 5.92. The van der Waals surface area contributed by atoms with Crippen LogP contribution in [0.15, 0.2) is 10.8 Å². The van der Waals surface area contributed by atoms with Gasteiger partial charge in [-0.3, -0.25) is 0 Å². The van der Waals surface area contributed by atoms with E-state index in [4.69, 9.17) is 10.5 Å². The highest BCUT2D eigenvalue weighted by atomic mass is 16.6. The molecule has 2 N–H and O–H groups in total. The first-order valence-electron chi connectivity index (χ1n) is 3.83. The van der Waals surface area contributed by atoms with E-state index in [1.807, 2.05) is 0 Å². The minimum Gasteiger partial charge on any atom is -0.455 e. The van der Waals surface area contributed by atoms with Crippen LogP contribution < -0.4 is 5.73 Å². The van der Waals surface area contributed by atoms with Crippen LogP contribution in [0, 0.1) is 0 Å². The summed E-state index contributed by atoms with van der Waals surface area (Å²) >= 11 is 0. The van der Waals surface area contributed by atoms with E-state index < -0.39 is 11.6 Å². The van der Waals surface area contributed by atoms with E-state index in [9.17, 15) is 4.79 Å². The third-order valence-electron chi connectivity index (χ3n) is 1.19. The molecular weight excluding hydrogens is 172 g/mol. The third kappa shape index (κ3) is 2.47. The van der Waals surface area contributed by atoms with Gasteiger partial charge in [-0.15, -0.1) is 0 Å². The standard InChI is InChI=1S/C8H12N2O3/c1-8(2,3)13-7(11)6-5(9)4-12-10-6/h4H,9H2,1-3H3. The highest BCUT2D eigenvalue weighted by Gasteiger charge is 2.22. The molecule has 0 amide bonds. The van der Waals surface area contributed by atoms with Crippen LogP contribution in [0.5, 0.6) is 0 Å². The van der Waals surface area contributed by atoms with Crippen molar-refractivity contribution >= 4 is 11.7 Å². The van der Waals surface area contributed by atoms with Gasteiger partial charge in [0.15, 0.2) is 0 Å². The van der Waals surface area contributed by atoms with Crippen molar-refractivity contribution in [2.45, 2.75) is 26.4 Å². The monoisotopic (exact) mass is 184 g/mol. The number of carbonyl (C=O) groups is 1. The predicted molar refractivity (Wildman–Crippen MR) is 46.1 cm³/mol. The van der Waals surface area contributed by atoms with Crippen LogP contribution in [0.25, 0.3) is 0 Å². The lowest BCUT2D eigenvalue weighted by atomic mass is 10.2. The first kappa shape index (κ1) is 9.57. The summed E-state index contributed by atoms with van der Waals surface area (Å²) in [6.07, 6.45) is 1.19. The van der Waals surface area contributed by atoms with Crippen molar-refractivity contribution in [3.05, 3.63) is 12.0 Å². The Labute approximate surface area is 75.8 Å². The van der Waals surface area contributed by atoms with Crippen LogP contribution in [-0.4, -0.2) is 16.7 Å². The topological polar surface area (TPSA) is 78.3 Å². The summed E-state index contributed by atoms with van der Waals surface area (Å²) in [6, 6.07) is 0. The zero-order valence-corrected chi connectivity index (χ0v) is 7.83. The van der Waals surface area contributed by atoms with Gasteiger partial charge < -0.3 is 15.0 Å². The van der Waals surface area contributed by atoms with Crippen molar-refractivity contribution in [3.63, 3.8) is 0 Å². The second-order valence-corrected chi connectivity index (χ2v) is 3.62. The number of ether oxygens (including phenoxy) is 1. The second-order valence-electron chi connectivity index (χ2n) is 3.62. The zero-order chi connectivity index (χ0) is 10.1. The molecule has 5 nitrogen and oxygen atoms in total. The molecule has 0 aliphatic carbocycles. The number of nitrogens with zero attached hydrogens (tertiary/aromatic N) is 1. The molecule has 72 valence electrons. The first-order chi connectivity index (χ1) is 5.90. The molecule has 1 aromatic rings. The van der Waals surface area contributed by atoms with Gasteiger partial charge in [0.1, 0.15) is 17.6 Å². The van der Waals surface area contributed by atoms with E-state index in [0.29, 0.717) is 0 Å². The third-order valence-corrected chi connectivity index (χ3v) is 1.19. The fourth-order valence-corrected chi connectivity index (χ4v) is 0.726. The van der Waals surface area contributed by atoms with Gasteiger partial charge in [-0.05, 0) is 20.8 Å². The molecule has 0 aliphatic rings. The van der Waals surface area contributed by atoms with E-state index in [-0.39, 0.29) is 11.4 Å². The minimum absolute atomic E-state index is 0.0231. The molecule has 5 heteroatoms. The average molecular weight is 184 g/mol. The Hall–Kier alpha value is -1.52. The maximum absolute atomic E-state index is 11.3. The van der Waals surface area contributed by atoms with Crippen LogP contribution in [0.1, 0.15) is 31.3 Å². The Balaban J connectivity index is 2.76. The van der Waals surface area contributed by atoms with Crippen LogP contribution in [0.2, 0.25) is 0 Å². The molecule has 13 heavy (non-hydrogen) atoms. The Kier molecular flexibility index (Phi) is 2.27. The van der Waals surface area contributed by atoms with Crippen molar-refractivity contribution in [2.75, 3.05) is 5.73 Å². The SMILES string of the molecule is CC(C)(C)OC(=O)c1nocc1N. The van der Waals surface area contributed by atoms with Crippen LogP contribution in [0.4, 0.5) is 5.69 Å². The lowest BCUT2D eigenvalue weighted by Crippen LogP contribution is -2.24. The molecule has 1 aromatic heterocycles. The molecule has 0 aliphatic heterocycles. The Morgan fingerprint density at radius 3 is 2.62 bits per heavy atom. The highest BCUT2D eigenvalue weighted by Crippen LogP contribution is 2.15. The molecule has 0 saturated carbocycles. The van der Waals surface area contributed by atoms with E-state index in [1.165, 1.54) is 6.26 Å². The maximum Gasteiger partial charge on any atom is 0.363 e. The van der Waals surface area contributed by atoms with E-state index in [1.54, 1.807) is 20.8 Å². The minimum atomic E-state index is -0.571. The average Bonchev–Trinajstić information content (AvgIpc) is 2.30. The summed E-state index contributed by atoms with van der Waals surface area (Å²) < 4.78 is 9.53. The molecule has 1 rings (SSSR count). The van der Waals surface area contributed by atoms with Gasteiger partial charge in [0.05, 0.1) is 0 Å². The summed E-state index contributed by atoms with van der Waals surface area (Å²) in [5.74, 6) is -0.571. The molecule has 0 radical (unpaired) electrons. The Bertz CT molecular complexity index is 311. The van der Waals surface area contributed by atoms with Gasteiger partial charge in [-0.25, -0.2) is 4.79 Å². The number of esters is 1. The lowest BCUT2D eigenvalue weighted by Gasteiger charge is -2.18. The van der Waals surface area contributed by atoms with Crippen LogP contribution in [0.3, 0.4) is 0 Å². The number of carbonyl (C=O) groups excluding carboxylic acids is 1. The second kappa shape index (κ2) is 3.08. The Morgan fingerprint density at radius 1 is 1.62 bits per heavy atom. The van der Waals surface area contributed by atoms with Crippen LogP contribution in [-0.2, 0) is 4.74 Å². The predicted octanol–water partition coefficient (Wildman–Crippen LogP) is 1.21. The zero-order valence-electron chi connectivity index (χ0n) is 7.83. The molecule has 0 saturated heterocycles. The van der Waals surface area contributed by atoms with Crippen molar-refractivity contribution in [1.29, 1.82) is 0 Å². The number of nitrogens with two attached hydrogens (primary N) is 1. The maximum atomic E-state index is 11.3. The van der Waals surface area contributed by atoms with Gasteiger partial charge in [0.2, 0.25) is 5.69 Å². The quantitative estimate of drug-likeness (QED) is 0.663. The van der Waals surface area contributed by atoms with Gasteiger partial charge in [0.25, 0.3) is 0 Å². The fraction of sp³-hybridized carbons (Fsp3) is 0.500. The summed E-state index contributed by atoms with van der Waals surface area (Å²) in [5.41, 5.74) is 5.06. The normalized spacial score (nSPS) is 11.3. The van der Waals surface area contributed by atoms with E-state index >= 15 is 0 Å². The number of rotatable bonds is 1. The van der Waals surface area contributed by atoms with Crippen molar-refractivity contribution < 1.29 is 14.1 Å². The number of hydrogen-bond donors (Lipinski definition) is 1. The Morgan fingerprint density at radius 2 is 2.23 bits per heavy atom. The van der Waals surface area contributed by atoms with E-state index in [0.717, 1.165) is 0 Å². The van der Waals surface area contributed by atoms with Gasteiger partial charge in [-0.2, -0.15) is 0 Å². The summed E-state index contributed by atoms with van der Waals surface area (Å²) in [4.78, 5) is 11.3. The fourth-order valence-electron chi connectivity index (χ4n) is 0.726. The number of hydrogen-bond acceptors (Lipinski definition) is 5. The molecule has 0 atom stereocenters. The van der Waals surface area contributed by atoms with Gasteiger partial charge in [0, 0.05) is 0 Å². The lowest BCUT2D eigenvalue weighted by molar-refractivity contribution is 0.00600. The molecule has 0 bridgehead atoms. The molecule has 0 unspecified atom stereocenters. The van der Waals surface area contributed by atoms with Crippen molar-refractivity contribution in [3.8, 4) is 0 Å². The summed E-state index contributed by atoms with van der Waals surface area (Å²) in [7, 11) is 0. The summed E-state index contributed by atoms with van der Waals surface area (Å²) in [5, 5.41) is 3.43. The molecule has 0 fully saturated rings. The number of anilines is 1. The van der Waals surface area contributed by atoms with E-state index in [2.05, 4.69) is 9.68 Å². The first-order valence-corrected chi connectivity index (χ1v) is 3.83. The van der Waals surface area contributed by atoms with Crippen LogP contribution >= 0.6 is 0 Å². The number of nitrogen functional groups attached to an aromatic ring is 1. The number of aromatic nitrogens is 1. The van der Waals surface area contributed by atoms with Crippen molar-refractivity contribution in [1.82, 2.24) is 5.16 Å². The molecule has 1 heterocycles. The van der Waals surface area contributed by atoms with Crippen molar-refractivity contribution in [2.24, 2.45) is 0 Å². The summed E-state index contributed by atoms with van der Waals surface area (Å²) in [6.45, 7) is 5.30. The van der Waals surface area contributed by atoms with Gasteiger partial charge >= 0.3 is 5.97 Å². The largest absolute Gasteiger partial charge is 0.455 e. The smallest absolute Gasteiger partial charge is 0.363 e.